The average Bonchev–Trinajstić information content (AvgIpc) is 3.41. The zero-order valence-electron chi connectivity index (χ0n) is 23.6. The SMILES string of the molecule is CN1CC(NC=O)C1.CNc1ccc(Oc2ccnc3cc(-c4ccc(CN5CCN(C)CC5)cn4)sc23)c(F)c1. The van der Waals surface area contributed by atoms with Crippen molar-refractivity contribution < 1.29 is 13.9 Å². The van der Waals surface area contributed by atoms with Crippen LogP contribution in [0.5, 0.6) is 11.5 Å². The molecule has 2 aliphatic rings. The van der Waals surface area contributed by atoms with Crippen LogP contribution in [0.25, 0.3) is 20.8 Å². The van der Waals surface area contributed by atoms with Crippen LogP contribution in [-0.2, 0) is 11.3 Å². The van der Waals surface area contributed by atoms with Crippen molar-refractivity contribution in [1.29, 1.82) is 0 Å². The quantitative estimate of drug-likeness (QED) is 0.303. The van der Waals surface area contributed by atoms with Gasteiger partial charge in [-0.15, -0.1) is 11.3 Å². The number of rotatable bonds is 8. The minimum absolute atomic E-state index is 0.183. The molecule has 0 saturated carbocycles. The third kappa shape index (κ3) is 7.36. The standard InChI is InChI=1S/C25H26FN5OS.C5H10N2O/c1-27-18-4-6-22(19(26)13-18)32-23-7-8-28-21-14-24(33-25(21)23)20-5-3-17(15-29-20)16-31-11-9-30(2)10-12-31;1-7-2-5(3-7)6-4-8/h3-8,13-15,27H,9-12,16H2,1-2H3;4-5H,2-3H2,1H3,(H,6,8). The van der Waals surface area contributed by atoms with Gasteiger partial charge in [0, 0.05) is 83.1 Å². The number of nitrogens with one attached hydrogen (secondary N) is 2. The fourth-order valence-corrected chi connectivity index (χ4v) is 5.85. The molecule has 2 saturated heterocycles. The number of ether oxygens (including phenoxy) is 1. The number of piperazine rings is 1. The summed E-state index contributed by atoms with van der Waals surface area (Å²) in [7, 11) is 5.95. The van der Waals surface area contributed by atoms with E-state index in [0.717, 1.165) is 73.0 Å². The topological polar surface area (TPSA) is 85.9 Å². The van der Waals surface area contributed by atoms with Crippen molar-refractivity contribution in [2.45, 2.75) is 12.6 Å². The number of thiophene rings is 1. The van der Waals surface area contributed by atoms with Crippen LogP contribution in [0, 0.1) is 5.82 Å². The Morgan fingerprint density at radius 1 is 1.02 bits per heavy atom. The Balaban J connectivity index is 0.000000365. The van der Waals surface area contributed by atoms with Gasteiger partial charge in [0.05, 0.1) is 26.8 Å². The minimum atomic E-state index is -0.416. The lowest BCUT2D eigenvalue weighted by Crippen LogP contribution is -2.55. The van der Waals surface area contributed by atoms with E-state index in [4.69, 9.17) is 9.72 Å². The number of pyridine rings is 2. The maximum atomic E-state index is 14.4. The van der Waals surface area contributed by atoms with Gasteiger partial charge in [0.15, 0.2) is 11.6 Å². The summed E-state index contributed by atoms with van der Waals surface area (Å²) >= 11 is 1.55. The average molecular weight is 578 g/mol. The fraction of sp³-hybridized carbons (Fsp3) is 0.367. The number of fused-ring (bicyclic) bond motifs is 1. The number of anilines is 1. The van der Waals surface area contributed by atoms with Crippen LogP contribution in [0.2, 0.25) is 0 Å². The van der Waals surface area contributed by atoms with Crippen molar-refractivity contribution in [2.24, 2.45) is 0 Å². The molecule has 0 atom stereocenters. The summed E-state index contributed by atoms with van der Waals surface area (Å²) in [5.74, 6) is 0.350. The summed E-state index contributed by atoms with van der Waals surface area (Å²) in [6.45, 7) is 7.30. The molecule has 6 rings (SSSR count). The first kappa shape index (κ1) is 28.9. The number of halogens is 1. The van der Waals surface area contributed by atoms with Crippen LogP contribution in [-0.4, -0.2) is 97.5 Å². The van der Waals surface area contributed by atoms with E-state index in [9.17, 15) is 9.18 Å². The Hall–Kier alpha value is -3.64. The summed E-state index contributed by atoms with van der Waals surface area (Å²) in [5, 5.41) is 5.61. The fourth-order valence-electron chi connectivity index (χ4n) is 4.81. The normalized spacial score (nSPS) is 16.5. The number of nitrogens with zero attached hydrogens (tertiary/aromatic N) is 5. The van der Waals surface area contributed by atoms with E-state index in [1.807, 2.05) is 19.3 Å². The van der Waals surface area contributed by atoms with Gasteiger partial charge < -0.3 is 25.2 Å². The molecule has 11 heteroatoms. The predicted octanol–water partition coefficient (Wildman–Crippen LogP) is 4.13. The lowest BCUT2D eigenvalue weighted by atomic mass is 10.1. The van der Waals surface area contributed by atoms with E-state index in [1.165, 1.54) is 11.6 Å². The molecule has 4 aromatic rings. The van der Waals surface area contributed by atoms with E-state index in [-0.39, 0.29) is 5.75 Å². The second-order valence-corrected chi connectivity index (χ2v) is 11.5. The number of hydrogen-bond donors (Lipinski definition) is 2. The predicted molar refractivity (Wildman–Crippen MR) is 162 cm³/mol. The number of carbonyl (C=O) groups excluding carboxylic acids is 1. The van der Waals surface area contributed by atoms with Crippen molar-refractivity contribution in [2.75, 3.05) is 65.7 Å². The lowest BCUT2D eigenvalue weighted by molar-refractivity contribution is -0.111. The van der Waals surface area contributed by atoms with Crippen LogP contribution < -0.4 is 15.4 Å². The highest BCUT2D eigenvalue weighted by atomic mass is 32.1. The number of carbonyl (C=O) groups is 1. The number of hydrogen-bond acceptors (Lipinski definition) is 9. The van der Waals surface area contributed by atoms with E-state index < -0.39 is 5.82 Å². The van der Waals surface area contributed by atoms with Crippen LogP contribution in [0.15, 0.2) is 54.9 Å². The van der Waals surface area contributed by atoms with Crippen LogP contribution in [0.1, 0.15) is 5.56 Å². The third-order valence-electron chi connectivity index (χ3n) is 7.26. The number of benzene rings is 1. The second kappa shape index (κ2) is 13.3. The zero-order valence-corrected chi connectivity index (χ0v) is 24.5. The van der Waals surface area contributed by atoms with Crippen LogP contribution >= 0.6 is 11.3 Å². The van der Waals surface area contributed by atoms with Gasteiger partial charge in [-0.25, -0.2) is 4.39 Å². The maximum absolute atomic E-state index is 14.4. The maximum Gasteiger partial charge on any atom is 0.207 e. The van der Waals surface area contributed by atoms with Crippen molar-refractivity contribution in [1.82, 2.24) is 30.0 Å². The van der Waals surface area contributed by atoms with E-state index >= 15 is 0 Å². The molecule has 3 aromatic heterocycles. The molecule has 5 heterocycles. The highest BCUT2D eigenvalue weighted by Gasteiger charge is 2.21. The lowest BCUT2D eigenvalue weighted by Gasteiger charge is -2.35. The molecule has 41 heavy (non-hydrogen) atoms. The molecule has 1 amide bonds. The number of likely N-dealkylation sites (tertiary alicyclic amines) is 1. The summed E-state index contributed by atoms with van der Waals surface area (Å²) in [6, 6.07) is 13.2. The largest absolute Gasteiger partial charge is 0.453 e. The van der Waals surface area contributed by atoms with Gasteiger partial charge in [-0.3, -0.25) is 19.7 Å². The van der Waals surface area contributed by atoms with Crippen molar-refractivity contribution in [3.63, 3.8) is 0 Å². The summed E-state index contributed by atoms with van der Waals surface area (Å²) < 4.78 is 21.2. The highest BCUT2D eigenvalue weighted by molar-refractivity contribution is 7.22. The summed E-state index contributed by atoms with van der Waals surface area (Å²) in [4.78, 5) is 26.9. The summed E-state index contributed by atoms with van der Waals surface area (Å²) in [6.07, 6.45) is 4.40. The van der Waals surface area contributed by atoms with Gasteiger partial charge in [0.25, 0.3) is 0 Å². The van der Waals surface area contributed by atoms with E-state index in [1.54, 1.807) is 42.8 Å². The summed E-state index contributed by atoms with van der Waals surface area (Å²) in [5.41, 5.74) is 3.62. The molecule has 2 fully saturated rings. The zero-order chi connectivity index (χ0) is 28.8. The first-order valence-corrected chi connectivity index (χ1v) is 14.5. The van der Waals surface area contributed by atoms with Crippen LogP contribution in [0.4, 0.5) is 10.1 Å². The molecule has 0 aliphatic carbocycles. The number of likely N-dealkylation sites (N-methyl/N-ethyl adjacent to an activating group) is 2. The molecule has 2 N–H and O–H groups in total. The molecule has 0 radical (unpaired) electrons. The molecule has 2 aliphatic heterocycles. The third-order valence-corrected chi connectivity index (χ3v) is 8.42. The first-order valence-electron chi connectivity index (χ1n) is 13.7. The minimum Gasteiger partial charge on any atom is -0.453 e. The smallest absolute Gasteiger partial charge is 0.207 e. The van der Waals surface area contributed by atoms with Crippen molar-refractivity contribution >= 4 is 33.7 Å². The van der Waals surface area contributed by atoms with Gasteiger partial charge in [-0.1, -0.05) is 6.07 Å². The number of amides is 1. The Labute approximate surface area is 244 Å². The molecule has 216 valence electrons. The van der Waals surface area contributed by atoms with Gasteiger partial charge in [-0.2, -0.15) is 0 Å². The Bertz CT molecular complexity index is 1450. The van der Waals surface area contributed by atoms with Gasteiger partial charge >= 0.3 is 0 Å². The van der Waals surface area contributed by atoms with Gasteiger partial charge in [0.1, 0.15) is 5.75 Å². The molecule has 9 nitrogen and oxygen atoms in total. The number of aromatic nitrogens is 2. The van der Waals surface area contributed by atoms with E-state index in [0.29, 0.717) is 17.5 Å². The van der Waals surface area contributed by atoms with E-state index in [2.05, 4.69) is 49.5 Å². The Kier molecular flexibility index (Phi) is 9.40. The monoisotopic (exact) mass is 577 g/mol. The second-order valence-electron chi connectivity index (χ2n) is 10.5. The first-order chi connectivity index (χ1) is 19.9. The van der Waals surface area contributed by atoms with Gasteiger partial charge in [0.2, 0.25) is 6.41 Å². The Morgan fingerprint density at radius 3 is 2.49 bits per heavy atom. The van der Waals surface area contributed by atoms with Crippen molar-refractivity contribution in [3.05, 3.63) is 66.2 Å². The molecular formula is C30H36FN7O2S. The Morgan fingerprint density at radius 2 is 1.83 bits per heavy atom. The van der Waals surface area contributed by atoms with Crippen LogP contribution in [0.3, 0.4) is 0 Å². The molecule has 0 bridgehead atoms. The van der Waals surface area contributed by atoms with Gasteiger partial charge in [-0.05, 0) is 43.9 Å². The molecule has 0 unspecified atom stereocenters. The molecule has 1 aromatic carbocycles. The molecular weight excluding hydrogens is 541 g/mol. The highest BCUT2D eigenvalue weighted by Crippen LogP contribution is 2.39. The molecule has 0 spiro atoms. The van der Waals surface area contributed by atoms with Crippen molar-refractivity contribution in [3.8, 4) is 22.1 Å².